The average molecular weight is 257 g/mol. The second kappa shape index (κ2) is 4.92. The van der Waals surface area contributed by atoms with Gasteiger partial charge in [0, 0.05) is 12.1 Å². The number of anilines is 1. The first-order chi connectivity index (χ1) is 9.20. The third kappa shape index (κ3) is 2.70. The molecule has 1 unspecified atom stereocenters. The second-order valence-corrected chi connectivity index (χ2v) is 4.94. The van der Waals surface area contributed by atoms with Crippen molar-refractivity contribution >= 4 is 5.69 Å². The van der Waals surface area contributed by atoms with Crippen LogP contribution in [0.1, 0.15) is 11.1 Å². The molecule has 1 heterocycles. The fourth-order valence-corrected chi connectivity index (χ4v) is 2.36. The monoisotopic (exact) mass is 257 g/mol. The highest BCUT2D eigenvalue weighted by molar-refractivity contribution is 5.44. The van der Waals surface area contributed by atoms with Crippen molar-refractivity contribution < 1.29 is 9.13 Å². The molecular formula is C16H16FNO. The lowest BCUT2D eigenvalue weighted by Gasteiger charge is -2.12. The van der Waals surface area contributed by atoms with Crippen molar-refractivity contribution in [2.24, 2.45) is 0 Å². The van der Waals surface area contributed by atoms with Crippen LogP contribution in [0.3, 0.4) is 0 Å². The van der Waals surface area contributed by atoms with Crippen molar-refractivity contribution in [2.45, 2.75) is 19.4 Å². The second-order valence-electron chi connectivity index (χ2n) is 4.94. The highest BCUT2D eigenvalue weighted by atomic mass is 19.1. The average Bonchev–Trinajstić information content (AvgIpc) is 2.80. The SMILES string of the molecule is Cc1ccc2c(c1)CC(CNc1ccc(F)cc1)O2. The van der Waals surface area contributed by atoms with Crippen molar-refractivity contribution in [3.63, 3.8) is 0 Å². The summed E-state index contributed by atoms with van der Waals surface area (Å²) in [4.78, 5) is 0. The fourth-order valence-electron chi connectivity index (χ4n) is 2.36. The lowest BCUT2D eigenvalue weighted by Crippen LogP contribution is -2.23. The van der Waals surface area contributed by atoms with Gasteiger partial charge >= 0.3 is 0 Å². The Bertz CT molecular complexity index is 580. The summed E-state index contributed by atoms with van der Waals surface area (Å²) in [6.07, 6.45) is 1.06. The van der Waals surface area contributed by atoms with Gasteiger partial charge in [-0.3, -0.25) is 0 Å². The van der Waals surface area contributed by atoms with E-state index in [4.69, 9.17) is 4.74 Å². The van der Waals surface area contributed by atoms with Crippen molar-refractivity contribution in [1.82, 2.24) is 0 Å². The van der Waals surface area contributed by atoms with Gasteiger partial charge in [-0.1, -0.05) is 17.7 Å². The largest absolute Gasteiger partial charge is 0.488 e. The maximum atomic E-state index is 12.8. The molecule has 0 bridgehead atoms. The third-order valence-electron chi connectivity index (χ3n) is 3.34. The standard InChI is InChI=1S/C16H16FNO/c1-11-2-7-16-12(8-11)9-15(19-16)10-18-14-5-3-13(17)4-6-14/h2-8,15,18H,9-10H2,1H3. The Balaban J connectivity index is 1.60. The van der Waals surface area contributed by atoms with Gasteiger partial charge in [0.2, 0.25) is 0 Å². The van der Waals surface area contributed by atoms with Gasteiger partial charge in [-0.15, -0.1) is 0 Å². The van der Waals surface area contributed by atoms with E-state index in [0.29, 0.717) is 0 Å². The van der Waals surface area contributed by atoms with E-state index in [1.807, 2.05) is 6.07 Å². The molecule has 3 heteroatoms. The molecule has 2 aromatic rings. The molecule has 0 fully saturated rings. The highest BCUT2D eigenvalue weighted by Crippen LogP contribution is 2.29. The molecule has 98 valence electrons. The number of halogens is 1. The predicted octanol–water partition coefficient (Wildman–Crippen LogP) is 3.55. The molecule has 0 saturated carbocycles. The first-order valence-electron chi connectivity index (χ1n) is 6.46. The van der Waals surface area contributed by atoms with Crippen LogP contribution >= 0.6 is 0 Å². The number of fused-ring (bicyclic) bond motifs is 1. The van der Waals surface area contributed by atoms with Gasteiger partial charge in [0.05, 0.1) is 6.54 Å². The fraction of sp³-hybridized carbons (Fsp3) is 0.250. The van der Waals surface area contributed by atoms with E-state index in [1.165, 1.54) is 23.3 Å². The Hall–Kier alpha value is -2.03. The molecule has 0 amide bonds. The summed E-state index contributed by atoms with van der Waals surface area (Å²) in [7, 11) is 0. The number of nitrogens with one attached hydrogen (secondary N) is 1. The maximum Gasteiger partial charge on any atom is 0.123 e. The van der Waals surface area contributed by atoms with Crippen LogP contribution in [0.4, 0.5) is 10.1 Å². The van der Waals surface area contributed by atoms with Crippen molar-refractivity contribution in [3.05, 3.63) is 59.4 Å². The van der Waals surface area contributed by atoms with Gasteiger partial charge in [-0.25, -0.2) is 4.39 Å². The molecule has 1 atom stereocenters. The van der Waals surface area contributed by atoms with Crippen LogP contribution in [0, 0.1) is 12.7 Å². The highest BCUT2D eigenvalue weighted by Gasteiger charge is 2.22. The lowest BCUT2D eigenvalue weighted by molar-refractivity contribution is 0.246. The van der Waals surface area contributed by atoms with Gasteiger partial charge in [0.25, 0.3) is 0 Å². The molecular weight excluding hydrogens is 241 g/mol. The molecule has 1 aliphatic heterocycles. The lowest BCUT2D eigenvalue weighted by atomic mass is 10.1. The van der Waals surface area contributed by atoms with Crippen LogP contribution in [-0.4, -0.2) is 12.6 Å². The van der Waals surface area contributed by atoms with E-state index in [1.54, 1.807) is 12.1 Å². The molecule has 0 spiro atoms. The van der Waals surface area contributed by atoms with E-state index in [0.717, 1.165) is 24.4 Å². The zero-order valence-corrected chi connectivity index (χ0v) is 10.8. The first-order valence-corrected chi connectivity index (χ1v) is 6.46. The number of rotatable bonds is 3. The Morgan fingerprint density at radius 1 is 1.21 bits per heavy atom. The van der Waals surface area contributed by atoms with Gasteiger partial charge in [0.15, 0.2) is 0 Å². The van der Waals surface area contributed by atoms with E-state index in [2.05, 4.69) is 24.4 Å². The summed E-state index contributed by atoms with van der Waals surface area (Å²) in [6.45, 7) is 2.81. The number of aryl methyl sites for hydroxylation is 1. The zero-order chi connectivity index (χ0) is 13.2. The summed E-state index contributed by atoms with van der Waals surface area (Å²) < 4.78 is 18.7. The molecule has 1 aliphatic rings. The topological polar surface area (TPSA) is 21.3 Å². The molecule has 0 radical (unpaired) electrons. The smallest absolute Gasteiger partial charge is 0.123 e. The molecule has 19 heavy (non-hydrogen) atoms. The van der Waals surface area contributed by atoms with Crippen LogP contribution in [0.25, 0.3) is 0 Å². The van der Waals surface area contributed by atoms with Gasteiger partial charge in [0.1, 0.15) is 17.7 Å². The van der Waals surface area contributed by atoms with Gasteiger partial charge in [-0.2, -0.15) is 0 Å². The summed E-state index contributed by atoms with van der Waals surface area (Å²) in [5.41, 5.74) is 3.44. The van der Waals surface area contributed by atoms with E-state index >= 15 is 0 Å². The summed E-state index contributed by atoms with van der Waals surface area (Å²) in [6, 6.07) is 12.7. The summed E-state index contributed by atoms with van der Waals surface area (Å²) in [5.74, 6) is 0.766. The maximum absolute atomic E-state index is 12.8. The number of hydrogen-bond donors (Lipinski definition) is 1. The Morgan fingerprint density at radius 3 is 2.79 bits per heavy atom. The quantitative estimate of drug-likeness (QED) is 0.908. The summed E-state index contributed by atoms with van der Waals surface area (Å²) in [5, 5.41) is 3.27. The minimum Gasteiger partial charge on any atom is -0.488 e. The Morgan fingerprint density at radius 2 is 2.00 bits per heavy atom. The van der Waals surface area contributed by atoms with Crippen molar-refractivity contribution in [1.29, 1.82) is 0 Å². The summed E-state index contributed by atoms with van der Waals surface area (Å²) >= 11 is 0. The molecule has 0 saturated heterocycles. The Labute approximate surface area is 112 Å². The first kappa shape index (κ1) is 12.0. The molecule has 1 N–H and O–H groups in total. The number of hydrogen-bond acceptors (Lipinski definition) is 2. The molecule has 3 rings (SSSR count). The van der Waals surface area contributed by atoms with Crippen LogP contribution in [0.2, 0.25) is 0 Å². The van der Waals surface area contributed by atoms with Crippen LogP contribution < -0.4 is 10.1 Å². The molecule has 2 aromatic carbocycles. The molecule has 0 aliphatic carbocycles. The molecule has 0 aromatic heterocycles. The third-order valence-corrected chi connectivity index (χ3v) is 3.34. The van der Waals surface area contributed by atoms with E-state index < -0.39 is 0 Å². The van der Waals surface area contributed by atoms with Gasteiger partial charge in [-0.05, 0) is 42.8 Å². The number of benzene rings is 2. The van der Waals surface area contributed by atoms with Gasteiger partial charge < -0.3 is 10.1 Å². The molecule has 2 nitrogen and oxygen atoms in total. The minimum atomic E-state index is -0.217. The van der Waals surface area contributed by atoms with Crippen LogP contribution in [0.5, 0.6) is 5.75 Å². The van der Waals surface area contributed by atoms with Crippen molar-refractivity contribution in [2.75, 3.05) is 11.9 Å². The van der Waals surface area contributed by atoms with Crippen LogP contribution in [0.15, 0.2) is 42.5 Å². The number of ether oxygens (including phenoxy) is 1. The Kier molecular flexibility index (Phi) is 3.11. The normalized spacial score (nSPS) is 16.8. The minimum absolute atomic E-state index is 0.141. The van der Waals surface area contributed by atoms with Crippen molar-refractivity contribution in [3.8, 4) is 5.75 Å². The zero-order valence-electron chi connectivity index (χ0n) is 10.8. The van der Waals surface area contributed by atoms with E-state index in [9.17, 15) is 4.39 Å². The van der Waals surface area contributed by atoms with E-state index in [-0.39, 0.29) is 11.9 Å². The van der Waals surface area contributed by atoms with Crippen LogP contribution in [-0.2, 0) is 6.42 Å². The predicted molar refractivity (Wildman–Crippen MR) is 74.2 cm³/mol.